The number of quaternary nitrogens is 1. The van der Waals surface area contributed by atoms with Crippen molar-refractivity contribution in [3.8, 4) is 0 Å². The molecular formula is C23H33FN3O2+. The summed E-state index contributed by atoms with van der Waals surface area (Å²) in [6, 6.07) is 5.88. The Morgan fingerprint density at radius 1 is 1.03 bits per heavy atom. The van der Waals surface area contributed by atoms with Gasteiger partial charge in [-0.25, -0.2) is 4.39 Å². The number of nitrogens with one attached hydrogen (secondary N) is 3. The van der Waals surface area contributed by atoms with Crippen molar-refractivity contribution in [2.75, 3.05) is 25.5 Å². The first-order chi connectivity index (χ1) is 13.8. The molecule has 0 radical (unpaired) electrons. The summed E-state index contributed by atoms with van der Waals surface area (Å²) in [4.78, 5) is 25.6. The predicted octanol–water partition coefficient (Wildman–Crippen LogP) is 2.00. The van der Waals surface area contributed by atoms with Gasteiger partial charge in [0.25, 0.3) is 11.8 Å². The molecule has 2 amide bonds. The second kappa shape index (κ2) is 8.05. The Balaban J connectivity index is 1.25. The van der Waals surface area contributed by atoms with Crippen molar-refractivity contribution in [2.45, 2.75) is 51.5 Å². The molecule has 29 heavy (non-hydrogen) atoms. The van der Waals surface area contributed by atoms with Crippen LogP contribution in [-0.2, 0) is 9.59 Å². The Morgan fingerprint density at radius 3 is 2.10 bits per heavy atom. The molecule has 2 atom stereocenters. The molecule has 5 rings (SSSR count). The first kappa shape index (κ1) is 20.3. The minimum atomic E-state index is -0.337. The van der Waals surface area contributed by atoms with Crippen molar-refractivity contribution in [1.29, 1.82) is 0 Å². The molecule has 4 aliphatic rings. The average Bonchev–Trinajstić information content (AvgIpc) is 2.62. The Labute approximate surface area is 172 Å². The summed E-state index contributed by atoms with van der Waals surface area (Å²) in [7, 11) is 1.85. The van der Waals surface area contributed by atoms with E-state index in [1.54, 1.807) is 0 Å². The van der Waals surface area contributed by atoms with Gasteiger partial charge in [-0.2, -0.15) is 0 Å². The van der Waals surface area contributed by atoms with E-state index in [0.717, 1.165) is 22.7 Å². The van der Waals surface area contributed by atoms with Crippen LogP contribution in [0.2, 0.25) is 0 Å². The van der Waals surface area contributed by atoms with Gasteiger partial charge in [-0.3, -0.25) is 9.59 Å². The van der Waals surface area contributed by atoms with Crippen molar-refractivity contribution < 1.29 is 18.9 Å². The van der Waals surface area contributed by atoms with Crippen molar-refractivity contribution in [1.82, 2.24) is 5.32 Å². The van der Waals surface area contributed by atoms with Gasteiger partial charge < -0.3 is 15.5 Å². The van der Waals surface area contributed by atoms with E-state index >= 15 is 0 Å². The molecule has 1 unspecified atom stereocenters. The minimum Gasteiger partial charge on any atom is -0.348 e. The molecule has 1 aromatic rings. The molecule has 0 saturated heterocycles. The van der Waals surface area contributed by atoms with Gasteiger partial charge in [-0.05, 0) is 92.9 Å². The topological polar surface area (TPSA) is 62.6 Å². The largest absolute Gasteiger partial charge is 0.348 e. The zero-order valence-corrected chi connectivity index (χ0v) is 17.5. The number of carbonyl (C=O) groups is 2. The fraction of sp³-hybridized carbons (Fsp3) is 0.652. The van der Waals surface area contributed by atoms with Gasteiger partial charge in [0.1, 0.15) is 5.82 Å². The number of hydrogen-bond acceptors (Lipinski definition) is 2. The number of halogens is 1. The molecule has 4 bridgehead atoms. The third-order valence-corrected chi connectivity index (χ3v) is 7.43. The maximum absolute atomic E-state index is 13.0. The normalized spacial score (nSPS) is 31.9. The van der Waals surface area contributed by atoms with Crippen molar-refractivity contribution >= 4 is 17.5 Å². The van der Waals surface area contributed by atoms with Gasteiger partial charge in [-0.1, -0.05) is 0 Å². The lowest BCUT2D eigenvalue weighted by Crippen LogP contribution is -3.11. The maximum Gasteiger partial charge on any atom is 0.279 e. The molecule has 158 valence electrons. The van der Waals surface area contributed by atoms with Gasteiger partial charge in [-0.15, -0.1) is 0 Å². The molecule has 0 spiro atoms. The van der Waals surface area contributed by atoms with Crippen LogP contribution in [0, 0.1) is 29.0 Å². The molecule has 4 fully saturated rings. The molecule has 0 aromatic heterocycles. The monoisotopic (exact) mass is 402 g/mol. The van der Waals surface area contributed by atoms with Gasteiger partial charge >= 0.3 is 0 Å². The van der Waals surface area contributed by atoms with Gasteiger partial charge in [0, 0.05) is 11.7 Å². The smallest absolute Gasteiger partial charge is 0.279 e. The van der Waals surface area contributed by atoms with Crippen molar-refractivity contribution in [3.05, 3.63) is 30.1 Å². The average molecular weight is 403 g/mol. The molecule has 0 heterocycles. The first-order valence-electron chi connectivity index (χ1n) is 11.0. The van der Waals surface area contributed by atoms with Crippen molar-refractivity contribution in [2.24, 2.45) is 23.2 Å². The fourth-order valence-electron chi connectivity index (χ4n) is 6.50. The summed E-state index contributed by atoms with van der Waals surface area (Å²) in [6.45, 7) is 2.64. The second-order valence-corrected chi connectivity index (χ2v) is 9.93. The molecule has 1 aromatic carbocycles. The van der Waals surface area contributed by atoms with E-state index in [1.165, 1.54) is 62.8 Å². The third kappa shape index (κ3) is 4.63. The summed E-state index contributed by atoms with van der Waals surface area (Å²) in [5.41, 5.74) is 0.849. The van der Waals surface area contributed by atoms with Gasteiger partial charge in [0.15, 0.2) is 13.1 Å². The molecular weight excluding hydrogens is 369 g/mol. The van der Waals surface area contributed by atoms with E-state index in [1.807, 2.05) is 7.05 Å². The standard InChI is InChI=1S/C23H32FN3O2/c1-15(23-10-16-7-17(11-23)9-18(8-16)12-23)25-21(28)13-27(2)14-22(29)26-20-5-3-19(24)4-6-20/h3-6,15-18H,7-14H2,1-2H3,(H,25,28)(H,26,29)/p+1/t15-,16?,17?,18?,23?/m1/s1. The zero-order valence-electron chi connectivity index (χ0n) is 17.5. The summed E-state index contributed by atoms with van der Waals surface area (Å²) in [5.74, 6) is 2.09. The highest BCUT2D eigenvalue weighted by Gasteiger charge is 2.53. The maximum atomic E-state index is 13.0. The number of rotatable bonds is 7. The van der Waals surface area contributed by atoms with E-state index in [9.17, 15) is 14.0 Å². The molecule has 6 heteroatoms. The Bertz CT molecular complexity index is 729. The van der Waals surface area contributed by atoms with Crippen LogP contribution >= 0.6 is 0 Å². The number of carbonyl (C=O) groups excluding carboxylic acids is 2. The minimum absolute atomic E-state index is 0.0142. The van der Waals surface area contributed by atoms with Crippen LogP contribution in [-0.4, -0.2) is 38.0 Å². The second-order valence-electron chi connectivity index (χ2n) is 9.93. The molecule has 5 nitrogen and oxygen atoms in total. The van der Waals surface area contributed by atoms with Crippen LogP contribution < -0.4 is 15.5 Å². The van der Waals surface area contributed by atoms with Gasteiger partial charge in [0.2, 0.25) is 0 Å². The lowest BCUT2D eigenvalue weighted by Gasteiger charge is -2.59. The molecule has 4 saturated carbocycles. The number of anilines is 1. The number of benzene rings is 1. The highest BCUT2D eigenvalue weighted by atomic mass is 19.1. The lowest BCUT2D eigenvalue weighted by molar-refractivity contribution is -0.862. The van der Waals surface area contributed by atoms with Crippen LogP contribution in [0.3, 0.4) is 0 Å². The highest BCUT2D eigenvalue weighted by Crippen LogP contribution is 2.61. The van der Waals surface area contributed by atoms with Gasteiger partial charge in [0.05, 0.1) is 7.05 Å². The zero-order chi connectivity index (χ0) is 20.6. The van der Waals surface area contributed by atoms with Crippen LogP contribution in [0.15, 0.2) is 24.3 Å². The van der Waals surface area contributed by atoms with Crippen molar-refractivity contribution in [3.63, 3.8) is 0 Å². The van der Waals surface area contributed by atoms with E-state index in [0.29, 0.717) is 5.69 Å². The van der Waals surface area contributed by atoms with E-state index in [4.69, 9.17) is 0 Å². The fourth-order valence-corrected chi connectivity index (χ4v) is 6.50. The highest BCUT2D eigenvalue weighted by molar-refractivity contribution is 5.91. The summed E-state index contributed by atoms with van der Waals surface area (Å²) in [5, 5.41) is 6.01. The van der Waals surface area contributed by atoms with Crippen LogP contribution in [0.5, 0.6) is 0 Å². The van der Waals surface area contributed by atoms with E-state index < -0.39 is 0 Å². The van der Waals surface area contributed by atoms with Crippen LogP contribution in [0.1, 0.15) is 45.4 Å². The molecule has 4 aliphatic carbocycles. The van der Waals surface area contributed by atoms with E-state index in [-0.39, 0.29) is 42.2 Å². The summed E-state index contributed by atoms with van der Waals surface area (Å²) < 4.78 is 13.0. The Kier molecular flexibility index (Phi) is 5.65. The lowest BCUT2D eigenvalue weighted by atomic mass is 9.48. The molecule has 3 N–H and O–H groups in total. The number of hydrogen-bond donors (Lipinski definition) is 3. The summed E-state index contributed by atoms with van der Waals surface area (Å²) in [6.07, 6.45) is 8.00. The Hall–Kier alpha value is -1.95. The third-order valence-electron chi connectivity index (χ3n) is 7.43. The van der Waals surface area contributed by atoms with Crippen LogP contribution in [0.25, 0.3) is 0 Å². The SMILES string of the molecule is C[C@@H](NC(=O)C[NH+](C)CC(=O)Nc1ccc(F)cc1)C12CC3CC(CC(C3)C1)C2. The predicted molar refractivity (Wildman–Crippen MR) is 110 cm³/mol. The summed E-state index contributed by atoms with van der Waals surface area (Å²) >= 11 is 0. The Morgan fingerprint density at radius 2 is 1.55 bits per heavy atom. The first-order valence-corrected chi connectivity index (χ1v) is 11.0. The molecule has 0 aliphatic heterocycles. The quantitative estimate of drug-likeness (QED) is 0.653. The number of likely N-dealkylation sites (N-methyl/N-ethyl adjacent to an activating group) is 1. The van der Waals surface area contributed by atoms with E-state index in [2.05, 4.69) is 17.6 Å². The van der Waals surface area contributed by atoms with Crippen LogP contribution in [0.4, 0.5) is 10.1 Å². The number of amides is 2.